The van der Waals surface area contributed by atoms with E-state index in [0.717, 1.165) is 16.8 Å². The van der Waals surface area contributed by atoms with Crippen molar-refractivity contribution in [3.8, 4) is 0 Å². The molecule has 1 aliphatic rings. The average Bonchev–Trinajstić information content (AvgIpc) is 2.94. The number of hydrogen-bond acceptors (Lipinski definition) is 4. The predicted octanol–water partition coefficient (Wildman–Crippen LogP) is 3.00. The molecule has 0 aromatic heterocycles. The molecule has 0 bridgehead atoms. The number of cyclic esters (lactones) is 1. The van der Waals surface area contributed by atoms with Gasteiger partial charge in [0.2, 0.25) is 11.8 Å². The fourth-order valence-corrected chi connectivity index (χ4v) is 3.05. The number of esters is 1. The van der Waals surface area contributed by atoms with Crippen molar-refractivity contribution in [2.24, 2.45) is 0 Å². The van der Waals surface area contributed by atoms with E-state index in [2.05, 4.69) is 5.32 Å². The lowest BCUT2D eigenvalue weighted by molar-refractivity contribution is -0.135. The zero-order chi connectivity index (χ0) is 19.6. The molecule has 3 rings (SSSR count). The number of likely N-dealkylation sites (N-methyl/N-ethyl adjacent to an activating group) is 1. The largest absolute Gasteiger partial charge is 0.453 e. The van der Waals surface area contributed by atoms with Crippen LogP contribution in [0.4, 0.5) is 5.69 Å². The monoisotopic (exact) mass is 366 g/mol. The lowest BCUT2D eigenvalue weighted by atomic mass is 10.0. The number of benzene rings is 2. The van der Waals surface area contributed by atoms with Gasteiger partial charge in [0.1, 0.15) is 6.10 Å². The number of fused-ring (bicyclic) bond motifs is 1. The molecule has 1 atom stereocenters. The molecule has 0 spiro atoms. The standard InChI is InChI=1S/C21H22N2O4/c1-13-8-9-14(2)17(10-13)22-19(24)12-23(3)20(25)11-18-15-6-4-5-7-16(15)21(26)27-18/h4-10,18H,11-12H2,1-3H3,(H,22,24)/t18-/m0/s1. The molecule has 0 aliphatic carbocycles. The fourth-order valence-electron chi connectivity index (χ4n) is 3.05. The van der Waals surface area contributed by atoms with E-state index in [0.29, 0.717) is 11.1 Å². The van der Waals surface area contributed by atoms with Crippen LogP contribution >= 0.6 is 0 Å². The Morgan fingerprint density at radius 1 is 1.15 bits per heavy atom. The molecule has 0 radical (unpaired) electrons. The van der Waals surface area contributed by atoms with Crippen molar-refractivity contribution in [1.82, 2.24) is 4.90 Å². The molecule has 1 aliphatic heterocycles. The molecule has 0 unspecified atom stereocenters. The van der Waals surface area contributed by atoms with E-state index in [9.17, 15) is 14.4 Å². The van der Waals surface area contributed by atoms with Crippen LogP contribution in [0.5, 0.6) is 0 Å². The summed E-state index contributed by atoms with van der Waals surface area (Å²) < 4.78 is 5.30. The van der Waals surface area contributed by atoms with E-state index in [1.807, 2.05) is 32.0 Å². The Morgan fingerprint density at radius 2 is 1.89 bits per heavy atom. The Labute approximate surface area is 158 Å². The van der Waals surface area contributed by atoms with Crippen molar-refractivity contribution in [2.45, 2.75) is 26.4 Å². The highest BCUT2D eigenvalue weighted by Gasteiger charge is 2.32. The van der Waals surface area contributed by atoms with Crippen LogP contribution < -0.4 is 5.32 Å². The van der Waals surface area contributed by atoms with Crippen molar-refractivity contribution in [2.75, 3.05) is 18.9 Å². The first-order valence-electron chi connectivity index (χ1n) is 8.76. The van der Waals surface area contributed by atoms with E-state index in [4.69, 9.17) is 4.74 Å². The van der Waals surface area contributed by atoms with Gasteiger partial charge >= 0.3 is 5.97 Å². The number of nitrogens with zero attached hydrogens (tertiary/aromatic N) is 1. The summed E-state index contributed by atoms with van der Waals surface area (Å²) in [6.07, 6.45) is -0.596. The summed E-state index contributed by atoms with van der Waals surface area (Å²) in [5.41, 5.74) is 3.94. The maximum Gasteiger partial charge on any atom is 0.339 e. The maximum atomic E-state index is 12.5. The second kappa shape index (κ2) is 7.61. The van der Waals surface area contributed by atoms with E-state index in [-0.39, 0.29) is 24.8 Å². The van der Waals surface area contributed by atoms with Crippen LogP contribution in [0.2, 0.25) is 0 Å². The predicted molar refractivity (Wildman–Crippen MR) is 101 cm³/mol. The van der Waals surface area contributed by atoms with Crippen molar-refractivity contribution in [3.63, 3.8) is 0 Å². The number of carbonyl (C=O) groups is 3. The molecule has 6 heteroatoms. The van der Waals surface area contributed by atoms with Gasteiger partial charge < -0.3 is 15.0 Å². The van der Waals surface area contributed by atoms with Crippen molar-refractivity contribution >= 4 is 23.5 Å². The summed E-state index contributed by atoms with van der Waals surface area (Å²) in [6, 6.07) is 12.8. The molecule has 0 saturated heterocycles. The smallest absolute Gasteiger partial charge is 0.339 e. The summed E-state index contributed by atoms with van der Waals surface area (Å²) in [5.74, 6) is -0.956. The molecule has 2 amide bonds. The van der Waals surface area contributed by atoms with Gasteiger partial charge in [-0.2, -0.15) is 0 Å². The second-order valence-electron chi connectivity index (χ2n) is 6.80. The summed E-state index contributed by atoms with van der Waals surface area (Å²) >= 11 is 0. The molecular formula is C21H22N2O4. The number of ether oxygens (including phenoxy) is 1. The molecule has 6 nitrogen and oxygen atoms in total. The number of nitrogens with one attached hydrogen (secondary N) is 1. The number of anilines is 1. The Balaban J connectivity index is 1.59. The molecule has 140 valence electrons. The van der Waals surface area contributed by atoms with Crippen LogP contribution in [0, 0.1) is 13.8 Å². The minimum atomic E-state index is -0.606. The number of carbonyl (C=O) groups excluding carboxylic acids is 3. The fraction of sp³-hybridized carbons (Fsp3) is 0.286. The van der Waals surface area contributed by atoms with Gasteiger partial charge in [-0.1, -0.05) is 30.3 Å². The Bertz CT molecular complexity index is 907. The Hall–Kier alpha value is -3.15. The van der Waals surface area contributed by atoms with Crippen LogP contribution in [0.25, 0.3) is 0 Å². The summed E-state index contributed by atoms with van der Waals surface area (Å²) in [5, 5.41) is 2.83. The Kier molecular flexibility index (Phi) is 5.26. The lowest BCUT2D eigenvalue weighted by Crippen LogP contribution is -2.35. The summed E-state index contributed by atoms with van der Waals surface area (Å²) in [4.78, 5) is 38.0. The first kappa shape index (κ1) is 18.6. The van der Waals surface area contributed by atoms with Gasteiger partial charge in [0, 0.05) is 18.3 Å². The third kappa shape index (κ3) is 4.16. The summed E-state index contributed by atoms with van der Waals surface area (Å²) in [7, 11) is 1.56. The number of rotatable bonds is 5. The van der Waals surface area contributed by atoms with Crippen LogP contribution in [0.3, 0.4) is 0 Å². The second-order valence-corrected chi connectivity index (χ2v) is 6.80. The van der Waals surface area contributed by atoms with E-state index in [1.165, 1.54) is 4.90 Å². The van der Waals surface area contributed by atoms with Crippen molar-refractivity contribution < 1.29 is 19.1 Å². The average molecular weight is 366 g/mol. The van der Waals surface area contributed by atoms with Crippen molar-refractivity contribution in [3.05, 3.63) is 64.7 Å². The molecule has 1 heterocycles. The highest BCUT2D eigenvalue weighted by Crippen LogP contribution is 2.33. The highest BCUT2D eigenvalue weighted by molar-refractivity contribution is 5.96. The van der Waals surface area contributed by atoms with Crippen molar-refractivity contribution in [1.29, 1.82) is 0 Å². The van der Waals surface area contributed by atoms with Crippen LogP contribution in [0.1, 0.15) is 39.6 Å². The van der Waals surface area contributed by atoms with Crippen LogP contribution in [0.15, 0.2) is 42.5 Å². The minimum Gasteiger partial charge on any atom is -0.453 e. The molecule has 2 aromatic rings. The Morgan fingerprint density at radius 3 is 2.67 bits per heavy atom. The van der Waals surface area contributed by atoms with Gasteiger partial charge in [-0.15, -0.1) is 0 Å². The molecular weight excluding hydrogens is 344 g/mol. The van der Waals surface area contributed by atoms with E-state index < -0.39 is 12.1 Å². The van der Waals surface area contributed by atoms with Gasteiger partial charge in [0.15, 0.2) is 0 Å². The number of amides is 2. The van der Waals surface area contributed by atoms with Gasteiger partial charge in [0.25, 0.3) is 0 Å². The molecule has 1 N–H and O–H groups in total. The topological polar surface area (TPSA) is 75.7 Å². The van der Waals surface area contributed by atoms with E-state index in [1.54, 1.807) is 31.3 Å². The third-order valence-electron chi connectivity index (χ3n) is 4.61. The van der Waals surface area contributed by atoms with Crippen LogP contribution in [-0.2, 0) is 14.3 Å². The summed E-state index contributed by atoms with van der Waals surface area (Å²) in [6.45, 7) is 3.79. The minimum absolute atomic E-state index is 0.00993. The van der Waals surface area contributed by atoms with Crippen LogP contribution in [-0.4, -0.2) is 36.3 Å². The first-order valence-corrected chi connectivity index (χ1v) is 8.76. The quantitative estimate of drug-likeness (QED) is 0.826. The molecule has 27 heavy (non-hydrogen) atoms. The SMILES string of the molecule is Cc1ccc(C)c(NC(=O)CN(C)C(=O)C[C@@H]2OC(=O)c3ccccc32)c1. The van der Waals surface area contributed by atoms with Gasteiger partial charge in [-0.05, 0) is 37.1 Å². The maximum absolute atomic E-state index is 12.5. The van der Waals surface area contributed by atoms with Gasteiger partial charge in [-0.3, -0.25) is 9.59 Å². The van der Waals surface area contributed by atoms with E-state index >= 15 is 0 Å². The first-order chi connectivity index (χ1) is 12.8. The molecule has 0 saturated carbocycles. The molecule has 2 aromatic carbocycles. The van der Waals surface area contributed by atoms with Gasteiger partial charge in [-0.25, -0.2) is 4.79 Å². The zero-order valence-corrected chi connectivity index (χ0v) is 15.6. The lowest BCUT2D eigenvalue weighted by Gasteiger charge is -2.19. The highest BCUT2D eigenvalue weighted by atomic mass is 16.5. The van der Waals surface area contributed by atoms with Gasteiger partial charge in [0.05, 0.1) is 18.5 Å². The number of hydrogen-bond donors (Lipinski definition) is 1. The number of aryl methyl sites for hydroxylation is 2. The zero-order valence-electron chi connectivity index (χ0n) is 15.6. The normalized spacial score (nSPS) is 15.1. The third-order valence-corrected chi connectivity index (χ3v) is 4.61. The molecule has 0 fully saturated rings.